The molecule has 0 unspecified atom stereocenters. The Morgan fingerprint density at radius 3 is 2.16 bits per heavy atom. The van der Waals surface area contributed by atoms with Gasteiger partial charge in [0.05, 0.1) is 0 Å². The molecule has 0 atom stereocenters. The summed E-state index contributed by atoms with van der Waals surface area (Å²) < 4.78 is 78.1. The Labute approximate surface area is 174 Å². The van der Waals surface area contributed by atoms with Gasteiger partial charge in [-0.15, -0.1) is 0 Å². The van der Waals surface area contributed by atoms with Gasteiger partial charge in [-0.2, -0.15) is 26.3 Å². The molecule has 2 aromatic rings. The molecule has 0 bridgehead atoms. The van der Waals surface area contributed by atoms with Crippen molar-refractivity contribution in [2.75, 3.05) is 11.4 Å². The predicted octanol–water partition coefficient (Wildman–Crippen LogP) is 4.51. The molecular formula is C21H19F6N3O. The quantitative estimate of drug-likeness (QED) is 0.470. The lowest BCUT2D eigenvalue weighted by atomic mass is 9.91. The van der Waals surface area contributed by atoms with Crippen molar-refractivity contribution in [3.63, 3.8) is 0 Å². The normalized spacial score (nSPS) is 15.2. The fourth-order valence-electron chi connectivity index (χ4n) is 3.60. The van der Waals surface area contributed by atoms with Gasteiger partial charge in [-0.3, -0.25) is 0 Å². The van der Waals surface area contributed by atoms with Gasteiger partial charge in [0.15, 0.2) is 0 Å². The maximum Gasteiger partial charge on any atom is 0.430 e. The average Bonchev–Trinajstić information content (AvgIpc) is 3.09. The van der Waals surface area contributed by atoms with Crippen LogP contribution in [-0.4, -0.2) is 30.2 Å². The predicted molar refractivity (Wildman–Crippen MR) is 105 cm³/mol. The number of rotatable bonds is 5. The van der Waals surface area contributed by atoms with E-state index < -0.39 is 23.5 Å². The first-order valence-corrected chi connectivity index (χ1v) is 9.18. The third-order valence-corrected chi connectivity index (χ3v) is 5.31. The number of nitrogens with two attached hydrogens (primary N) is 1. The monoisotopic (exact) mass is 443 g/mol. The van der Waals surface area contributed by atoms with Crippen LogP contribution in [0.3, 0.4) is 0 Å². The van der Waals surface area contributed by atoms with Crippen molar-refractivity contribution < 1.29 is 31.4 Å². The van der Waals surface area contributed by atoms with Gasteiger partial charge < -0.3 is 21.1 Å². The smallest absolute Gasteiger partial charge is 0.404 e. The topological polar surface area (TPSA) is 73.3 Å². The molecule has 4 N–H and O–H groups in total. The van der Waals surface area contributed by atoms with Crippen LogP contribution in [0.15, 0.2) is 48.7 Å². The van der Waals surface area contributed by atoms with E-state index in [0.29, 0.717) is 36.2 Å². The van der Waals surface area contributed by atoms with Gasteiger partial charge in [0, 0.05) is 42.3 Å². The third-order valence-electron chi connectivity index (χ3n) is 5.31. The lowest BCUT2D eigenvalue weighted by molar-refractivity contribution is -0.376. The zero-order valence-electron chi connectivity index (χ0n) is 16.1. The molecule has 0 saturated carbocycles. The molecule has 1 aliphatic heterocycles. The number of fused-ring (bicyclic) bond motifs is 1. The number of alkyl halides is 6. The fraction of sp³-hybridized carbons (Fsp3) is 0.286. The molecule has 0 saturated heterocycles. The van der Waals surface area contributed by atoms with E-state index in [9.17, 15) is 31.4 Å². The minimum Gasteiger partial charge on any atom is -0.404 e. The molecule has 31 heavy (non-hydrogen) atoms. The van der Waals surface area contributed by atoms with Crippen LogP contribution >= 0.6 is 0 Å². The van der Waals surface area contributed by atoms with E-state index in [1.165, 1.54) is 6.20 Å². The zero-order chi connectivity index (χ0) is 23.0. The third kappa shape index (κ3) is 3.99. The number of benzene rings is 2. The number of hydrogen-bond acceptors (Lipinski definition) is 4. The molecule has 0 aromatic heterocycles. The lowest BCUT2D eigenvalue weighted by Gasteiger charge is -2.32. The number of aliphatic hydroxyl groups is 1. The largest absolute Gasteiger partial charge is 0.430 e. The summed E-state index contributed by atoms with van der Waals surface area (Å²) in [6.07, 6.45) is -8.67. The van der Waals surface area contributed by atoms with Gasteiger partial charge in [0.25, 0.3) is 5.60 Å². The SMILES string of the molecule is N=C/C(=C\N)c1ccc2c(c1)CCN2Cc1ccc(C(O)(C(F)(F)F)C(F)(F)F)cc1. The first-order valence-electron chi connectivity index (χ1n) is 9.18. The van der Waals surface area contributed by atoms with Crippen molar-refractivity contribution in [1.82, 2.24) is 0 Å². The summed E-state index contributed by atoms with van der Waals surface area (Å²) in [5, 5.41) is 16.9. The minimum atomic E-state index is -5.91. The molecule has 2 aromatic carbocycles. The molecule has 166 valence electrons. The maximum atomic E-state index is 13.0. The molecule has 1 heterocycles. The highest BCUT2D eigenvalue weighted by Crippen LogP contribution is 2.50. The number of nitrogens with zero attached hydrogens (tertiary/aromatic N) is 1. The second-order valence-corrected chi connectivity index (χ2v) is 7.18. The van der Waals surface area contributed by atoms with Crippen LogP contribution < -0.4 is 10.6 Å². The standard InChI is InChI=1S/C21H19F6N3O/c22-20(23,24)19(31,21(25,26)27)17-4-1-13(2-5-17)12-30-8-7-15-9-14(3-6-18(15)30)16(10-28)11-29/h1-6,9-11,28,31H,7-8,12,29H2/b16-11+,28-10?. The van der Waals surface area contributed by atoms with Gasteiger partial charge in [-0.25, -0.2) is 0 Å². The van der Waals surface area contributed by atoms with Crippen molar-refractivity contribution in [2.45, 2.75) is 30.9 Å². The molecule has 0 amide bonds. The Kier molecular flexibility index (Phi) is 5.79. The Bertz CT molecular complexity index is 982. The molecule has 1 aliphatic rings. The summed E-state index contributed by atoms with van der Waals surface area (Å²) in [7, 11) is 0. The molecule has 0 fully saturated rings. The van der Waals surface area contributed by atoms with Crippen molar-refractivity contribution in [3.05, 3.63) is 70.9 Å². The molecule has 0 spiro atoms. The number of nitrogens with one attached hydrogen (secondary N) is 1. The zero-order valence-corrected chi connectivity index (χ0v) is 16.1. The van der Waals surface area contributed by atoms with E-state index in [2.05, 4.69) is 0 Å². The van der Waals surface area contributed by atoms with Crippen LogP contribution in [0.25, 0.3) is 5.57 Å². The number of hydrogen-bond donors (Lipinski definition) is 3. The summed E-state index contributed by atoms with van der Waals surface area (Å²) >= 11 is 0. The average molecular weight is 443 g/mol. The molecule has 0 aliphatic carbocycles. The van der Waals surface area contributed by atoms with Gasteiger partial charge in [0.2, 0.25) is 0 Å². The van der Waals surface area contributed by atoms with Crippen molar-refractivity contribution >= 4 is 17.5 Å². The summed E-state index contributed by atoms with van der Waals surface area (Å²) in [6, 6.07) is 9.12. The highest BCUT2D eigenvalue weighted by Gasteiger charge is 2.71. The summed E-state index contributed by atoms with van der Waals surface area (Å²) in [5.74, 6) is 0. The highest BCUT2D eigenvalue weighted by molar-refractivity contribution is 6.08. The van der Waals surface area contributed by atoms with E-state index in [1.54, 1.807) is 6.07 Å². The van der Waals surface area contributed by atoms with E-state index in [0.717, 1.165) is 35.2 Å². The second kappa shape index (κ2) is 7.92. The highest BCUT2D eigenvalue weighted by atomic mass is 19.4. The van der Waals surface area contributed by atoms with Crippen LogP contribution in [0.5, 0.6) is 0 Å². The Balaban J connectivity index is 1.83. The number of halogens is 6. The Morgan fingerprint density at radius 1 is 1.03 bits per heavy atom. The van der Waals surface area contributed by atoms with Crippen LogP contribution in [0.2, 0.25) is 0 Å². The molecule has 0 radical (unpaired) electrons. The Morgan fingerprint density at radius 2 is 1.65 bits per heavy atom. The molecule has 4 nitrogen and oxygen atoms in total. The minimum absolute atomic E-state index is 0.271. The summed E-state index contributed by atoms with van der Waals surface area (Å²) in [6.45, 7) is 0.884. The first-order chi connectivity index (χ1) is 14.4. The van der Waals surface area contributed by atoms with Crippen LogP contribution in [-0.2, 0) is 18.6 Å². The van der Waals surface area contributed by atoms with Crippen LogP contribution in [0.1, 0.15) is 22.3 Å². The summed E-state index contributed by atoms with van der Waals surface area (Å²) in [4.78, 5) is 1.95. The van der Waals surface area contributed by atoms with Gasteiger partial charge >= 0.3 is 12.4 Å². The van der Waals surface area contributed by atoms with Gasteiger partial charge in [-0.05, 0) is 35.2 Å². The second-order valence-electron chi connectivity index (χ2n) is 7.18. The molecule has 10 heteroatoms. The van der Waals surface area contributed by atoms with E-state index in [4.69, 9.17) is 11.1 Å². The first kappa shape index (κ1) is 22.7. The van der Waals surface area contributed by atoms with Crippen LogP contribution in [0.4, 0.5) is 32.0 Å². The van der Waals surface area contributed by atoms with Crippen molar-refractivity contribution in [1.29, 1.82) is 5.41 Å². The van der Waals surface area contributed by atoms with E-state index in [-0.39, 0.29) is 6.54 Å². The van der Waals surface area contributed by atoms with E-state index in [1.807, 2.05) is 17.0 Å². The van der Waals surface area contributed by atoms with E-state index >= 15 is 0 Å². The number of anilines is 1. The van der Waals surface area contributed by atoms with Gasteiger partial charge in [0.1, 0.15) is 0 Å². The summed E-state index contributed by atoms with van der Waals surface area (Å²) in [5.41, 5.74) is 3.00. The van der Waals surface area contributed by atoms with Gasteiger partial charge in [-0.1, -0.05) is 30.3 Å². The lowest BCUT2D eigenvalue weighted by Crippen LogP contribution is -2.53. The maximum absolute atomic E-state index is 13.0. The van der Waals surface area contributed by atoms with Crippen molar-refractivity contribution in [3.8, 4) is 0 Å². The Hall–Kier alpha value is -3.01. The number of allylic oxidation sites excluding steroid dienone is 1. The molecule has 3 rings (SSSR count). The fourth-order valence-corrected chi connectivity index (χ4v) is 3.60. The van der Waals surface area contributed by atoms with Crippen molar-refractivity contribution in [2.24, 2.45) is 5.73 Å². The van der Waals surface area contributed by atoms with Crippen LogP contribution in [0, 0.1) is 5.41 Å². The molecular weight excluding hydrogens is 424 g/mol.